The van der Waals surface area contributed by atoms with Gasteiger partial charge in [-0.2, -0.15) is 28.1 Å². The molecule has 1 rings (SSSR count). The Morgan fingerprint density at radius 3 is 1.63 bits per heavy atom. The monoisotopic (exact) mass is 422 g/mol. The van der Waals surface area contributed by atoms with Crippen molar-refractivity contribution in [2.45, 2.75) is 95.7 Å². The number of hydrogen-bond acceptors (Lipinski definition) is 3. The maximum atomic E-state index is 11.9. The fraction of sp³-hybridized carbons (Fsp3) is 0.714. The molecule has 0 fully saturated rings. The van der Waals surface area contributed by atoms with E-state index in [1.165, 1.54) is 51.4 Å². The third-order valence-electron chi connectivity index (χ3n) is 3.77. The zero-order valence-corrected chi connectivity index (χ0v) is 22.1. The molecule has 0 atom stereocenters. The quantitative estimate of drug-likeness (QED) is 0.277. The molecule has 1 aromatic rings. The van der Waals surface area contributed by atoms with Gasteiger partial charge in [0.15, 0.2) is 0 Å². The van der Waals surface area contributed by atoms with E-state index in [0.717, 1.165) is 12.8 Å². The van der Waals surface area contributed by atoms with Crippen LogP contribution < -0.4 is 29.6 Å². The maximum absolute atomic E-state index is 11.9. The van der Waals surface area contributed by atoms with E-state index < -0.39 is 10.1 Å². The molecular weight excluding hydrogens is 383 g/mol. The predicted octanol–water partition coefficient (Wildman–Crippen LogP) is 3.69. The third-order valence-corrected chi connectivity index (χ3v) is 5.09. The molecule has 0 aliphatic carbocycles. The van der Waals surface area contributed by atoms with Crippen molar-refractivity contribution in [1.29, 1.82) is 0 Å². The molecule has 0 aromatic heterocycles. The zero-order chi connectivity index (χ0) is 19.7. The summed E-state index contributed by atoms with van der Waals surface area (Å²) in [6.07, 6.45) is 12.3. The van der Waals surface area contributed by atoms with Gasteiger partial charge >= 0.3 is 29.6 Å². The first-order valence-electron chi connectivity index (χ1n) is 10.1. The average molecular weight is 423 g/mol. The Bertz CT molecular complexity index is 519. The van der Waals surface area contributed by atoms with Gasteiger partial charge in [-0.25, -0.2) is 0 Å². The minimum atomic E-state index is -3.57. The van der Waals surface area contributed by atoms with Crippen LogP contribution in [-0.4, -0.2) is 23.8 Å². The molecule has 27 heavy (non-hydrogen) atoms. The molecule has 1 aromatic carbocycles. The summed E-state index contributed by atoms with van der Waals surface area (Å²) < 4.78 is 28.8. The van der Waals surface area contributed by atoms with Gasteiger partial charge < -0.3 is 0 Å². The second-order valence-corrected chi connectivity index (χ2v) is 11.9. The number of benzene rings is 1. The summed E-state index contributed by atoms with van der Waals surface area (Å²) in [6.45, 7) is 9.33. The Morgan fingerprint density at radius 1 is 0.778 bits per heavy atom. The molecule has 0 aliphatic heterocycles. The largest absolute Gasteiger partial charge is 1.00 e. The minimum Gasteiger partial charge on any atom is -0.271 e. The first-order valence-corrected chi connectivity index (χ1v) is 14.5. The van der Waals surface area contributed by atoms with Gasteiger partial charge in [0.05, 0.1) is 11.5 Å². The van der Waals surface area contributed by atoms with Crippen LogP contribution in [0.15, 0.2) is 35.2 Å². The van der Waals surface area contributed by atoms with E-state index in [4.69, 9.17) is 4.18 Å². The van der Waals surface area contributed by atoms with Crippen LogP contribution in [0.3, 0.4) is 0 Å². The normalized spacial score (nSPS) is 10.9. The summed E-state index contributed by atoms with van der Waals surface area (Å²) in [5.74, 6) is 0. The van der Waals surface area contributed by atoms with E-state index in [9.17, 15) is 8.42 Å². The van der Waals surface area contributed by atoms with Crippen LogP contribution in [0.1, 0.15) is 71.1 Å². The van der Waals surface area contributed by atoms with Gasteiger partial charge in [0.2, 0.25) is 0 Å². The zero-order valence-electron chi connectivity index (χ0n) is 18.3. The van der Waals surface area contributed by atoms with Crippen LogP contribution in [0.5, 0.6) is 0 Å². The molecule has 0 spiro atoms. The average Bonchev–Trinajstić information content (AvgIpc) is 2.60. The SMILES string of the molecule is CCCCCCCCCCCCOS(=O)(=O)c1ccccc1.C[Si-](C)C.[Na+]. The van der Waals surface area contributed by atoms with Crippen molar-refractivity contribution in [3.8, 4) is 0 Å². The first kappa shape index (κ1) is 29.5. The Labute approximate surface area is 192 Å². The van der Waals surface area contributed by atoms with Gasteiger partial charge in [0.1, 0.15) is 0 Å². The smallest absolute Gasteiger partial charge is 0.271 e. The summed E-state index contributed by atoms with van der Waals surface area (Å²) >= 11 is 0. The summed E-state index contributed by atoms with van der Waals surface area (Å²) in [6, 6.07) is 8.33. The second-order valence-electron chi connectivity index (χ2n) is 7.27. The minimum absolute atomic E-state index is 0. The Morgan fingerprint density at radius 2 is 1.19 bits per heavy atom. The van der Waals surface area contributed by atoms with Crippen LogP contribution in [0.25, 0.3) is 0 Å². The van der Waals surface area contributed by atoms with E-state index >= 15 is 0 Å². The second kappa shape index (κ2) is 19.7. The van der Waals surface area contributed by atoms with Gasteiger partial charge in [-0.05, 0) is 18.6 Å². The standard InChI is InChI=1S/C18H30O3S.C3H9Si.Na/c1-2-3-4-5-6-7-8-9-10-14-17-21-22(19,20)18-15-12-11-13-16-18;1-4(2)3;/h11-13,15-16H,2-10,14,17H2,1H3;1-3H3;/q;-1;+1. The van der Waals surface area contributed by atoms with Gasteiger partial charge in [-0.1, -0.05) is 82.9 Å². The third kappa shape index (κ3) is 19.4. The van der Waals surface area contributed by atoms with Gasteiger partial charge in [0, 0.05) is 0 Å². The first-order chi connectivity index (χ1) is 12.4. The molecule has 3 nitrogen and oxygen atoms in total. The van der Waals surface area contributed by atoms with Crippen molar-refractivity contribution in [2.75, 3.05) is 6.61 Å². The molecule has 0 N–H and O–H groups in total. The van der Waals surface area contributed by atoms with Crippen LogP contribution in [0.4, 0.5) is 0 Å². The van der Waals surface area contributed by atoms with Crippen LogP contribution >= 0.6 is 0 Å². The summed E-state index contributed by atoms with van der Waals surface area (Å²) in [5, 5.41) is 0. The van der Waals surface area contributed by atoms with Crippen molar-refractivity contribution in [2.24, 2.45) is 0 Å². The van der Waals surface area contributed by atoms with E-state index in [-0.39, 0.29) is 49.9 Å². The van der Waals surface area contributed by atoms with Crippen LogP contribution in [0.2, 0.25) is 19.6 Å². The molecule has 0 saturated heterocycles. The van der Waals surface area contributed by atoms with Crippen LogP contribution in [-0.2, 0) is 14.3 Å². The van der Waals surface area contributed by atoms with Crippen molar-refractivity contribution in [1.82, 2.24) is 0 Å². The molecule has 0 aliphatic rings. The van der Waals surface area contributed by atoms with Crippen LogP contribution in [0, 0.1) is 0 Å². The van der Waals surface area contributed by atoms with Gasteiger partial charge in [-0.15, -0.1) is 0 Å². The van der Waals surface area contributed by atoms with Gasteiger partial charge in [0.25, 0.3) is 10.1 Å². The van der Waals surface area contributed by atoms with E-state index in [2.05, 4.69) is 26.6 Å². The molecule has 0 amide bonds. The summed E-state index contributed by atoms with van der Waals surface area (Å²) in [7, 11) is -3.45. The molecular formula is C21H39NaO3SSi. The van der Waals surface area contributed by atoms with Crippen molar-refractivity contribution >= 4 is 18.9 Å². The van der Waals surface area contributed by atoms with E-state index in [1.807, 2.05) is 0 Å². The molecule has 6 heteroatoms. The Balaban J connectivity index is 0. The van der Waals surface area contributed by atoms with Crippen molar-refractivity contribution in [3.05, 3.63) is 30.3 Å². The van der Waals surface area contributed by atoms with Crippen molar-refractivity contribution in [3.63, 3.8) is 0 Å². The fourth-order valence-corrected chi connectivity index (χ4v) is 3.38. The maximum Gasteiger partial charge on any atom is 1.00 e. The molecule has 152 valence electrons. The molecule has 0 bridgehead atoms. The Kier molecular flexibility index (Phi) is 21.5. The number of rotatable bonds is 13. The fourth-order valence-electron chi connectivity index (χ4n) is 2.41. The Hall–Kier alpha value is 0.347. The summed E-state index contributed by atoms with van der Waals surface area (Å²) in [5.41, 5.74) is 0. The number of unbranched alkanes of at least 4 members (excludes halogenated alkanes) is 9. The topological polar surface area (TPSA) is 43.4 Å². The number of hydrogen-bond donors (Lipinski definition) is 0. The molecule has 0 radical (unpaired) electrons. The van der Waals surface area contributed by atoms with E-state index in [1.54, 1.807) is 30.3 Å². The summed E-state index contributed by atoms with van der Waals surface area (Å²) in [4.78, 5) is 0.238. The van der Waals surface area contributed by atoms with E-state index in [0.29, 0.717) is 0 Å². The molecule has 0 unspecified atom stereocenters. The van der Waals surface area contributed by atoms with Crippen molar-refractivity contribution < 1.29 is 42.2 Å². The van der Waals surface area contributed by atoms with Gasteiger partial charge in [-0.3, -0.25) is 13.0 Å². The molecule has 0 heterocycles. The molecule has 0 saturated carbocycles. The predicted molar refractivity (Wildman–Crippen MR) is 115 cm³/mol.